The largest absolute Gasteiger partial charge is 0.497 e. The van der Waals surface area contributed by atoms with E-state index in [0.29, 0.717) is 12.1 Å². The Morgan fingerprint density at radius 2 is 1.96 bits per heavy atom. The van der Waals surface area contributed by atoms with Crippen molar-refractivity contribution in [2.24, 2.45) is 0 Å². The highest BCUT2D eigenvalue weighted by Crippen LogP contribution is 2.29. The zero-order chi connectivity index (χ0) is 17.4. The van der Waals surface area contributed by atoms with Crippen LogP contribution in [0.2, 0.25) is 0 Å². The van der Waals surface area contributed by atoms with E-state index in [1.54, 1.807) is 7.11 Å². The van der Waals surface area contributed by atoms with E-state index in [4.69, 9.17) is 9.72 Å². The summed E-state index contributed by atoms with van der Waals surface area (Å²) in [5.41, 5.74) is 6.73. The van der Waals surface area contributed by atoms with Crippen LogP contribution in [0.5, 0.6) is 5.75 Å². The third-order valence-electron chi connectivity index (χ3n) is 4.49. The molecule has 1 aromatic heterocycles. The average Bonchev–Trinajstić information content (AvgIpc) is 3.01. The van der Waals surface area contributed by atoms with Gasteiger partial charge in [-0.1, -0.05) is 17.7 Å². The van der Waals surface area contributed by atoms with Gasteiger partial charge < -0.3 is 4.74 Å². The predicted molar refractivity (Wildman–Crippen MR) is 98.0 cm³/mol. The Hall–Kier alpha value is -3.08. The van der Waals surface area contributed by atoms with Crippen LogP contribution in [0.15, 0.2) is 48.5 Å². The van der Waals surface area contributed by atoms with Gasteiger partial charge in [-0.05, 0) is 49.2 Å². The van der Waals surface area contributed by atoms with Gasteiger partial charge in [0.15, 0.2) is 5.82 Å². The zero-order valence-corrected chi connectivity index (χ0v) is 14.2. The van der Waals surface area contributed by atoms with Crippen LogP contribution in [0.25, 0.3) is 10.9 Å². The molecule has 2 aromatic carbocycles. The summed E-state index contributed by atoms with van der Waals surface area (Å²) >= 11 is 0. The SMILES string of the molecule is COc1ccc2cc3c(nc2c1)N(NC(=O)c1ccc(C)cc1)CC3. The standard InChI is InChI=1S/C20H19N3O2/c1-13-3-5-14(6-4-13)20(24)22-23-10-9-16-11-15-7-8-17(25-2)12-18(15)21-19(16)23/h3-8,11-12H,9-10H2,1-2H3,(H,22,24). The molecule has 4 rings (SSSR count). The minimum Gasteiger partial charge on any atom is -0.497 e. The fourth-order valence-corrected chi connectivity index (χ4v) is 3.06. The maximum Gasteiger partial charge on any atom is 0.269 e. The van der Waals surface area contributed by atoms with Gasteiger partial charge in [0.05, 0.1) is 12.6 Å². The number of hydrogen-bond acceptors (Lipinski definition) is 4. The second kappa shape index (κ2) is 6.09. The van der Waals surface area contributed by atoms with Crippen LogP contribution in [0.1, 0.15) is 21.5 Å². The van der Waals surface area contributed by atoms with E-state index in [-0.39, 0.29) is 5.91 Å². The van der Waals surface area contributed by atoms with Crippen LogP contribution in [-0.2, 0) is 6.42 Å². The summed E-state index contributed by atoms with van der Waals surface area (Å²) < 4.78 is 5.28. The fourth-order valence-electron chi connectivity index (χ4n) is 3.06. The van der Waals surface area contributed by atoms with Gasteiger partial charge in [-0.15, -0.1) is 0 Å². The number of aromatic nitrogens is 1. The lowest BCUT2D eigenvalue weighted by molar-refractivity contribution is 0.0949. The topological polar surface area (TPSA) is 54.5 Å². The second-order valence-corrected chi connectivity index (χ2v) is 6.24. The molecule has 0 saturated heterocycles. The van der Waals surface area contributed by atoms with Crippen molar-refractivity contribution < 1.29 is 9.53 Å². The van der Waals surface area contributed by atoms with E-state index in [9.17, 15) is 4.79 Å². The lowest BCUT2D eigenvalue weighted by atomic mass is 10.1. The van der Waals surface area contributed by atoms with Gasteiger partial charge in [0, 0.05) is 23.6 Å². The summed E-state index contributed by atoms with van der Waals surface area (Å²) in [5, 5.41) is 2.91. The van der Waals surface area contributed by atoms with Crippen LogP contribution in [-0.4, -0.2) is 24.5 Å². The molecule has 0 saturated carbocycles. The zero-order valence-electron chi connectivity index (χ0n) is 14.2. The van der Waals surface area contributed by atoms with E-state index in [1.165, 1.54) is 0 Å². The van der Waals surface area contributed by atoms with Gasteiger partial charge in [0.2, 0.25) is 0 Å². The number of rotatable bonds is 3. The third kappa shape index (κ3) is 2.89. The molecule has 0 fully saturated rings. The van der Waals surface area contributed by atoms with Crippen LogP contribution in [0, 0.1) is 6.92 Å². The Balaban J connectivity index is 1.63. The molecule has 1 amide bonds. The molecule has 126 valence electrons. The molecule has 0 spiro atoms. The number of hydrogen-bond donors (Lipinski definition) is 1. The molecule has 5 nitrogen and oxygen atoms in total. The first-order valence-corrected chi connectivity index (χ1v) is 8.27. The minimum atomic E-state index is -0.125. The van der Waals surface area contributed by atoms with Crippen molar-refractivity contribution in [2.75, 3.05) is 18.7 Å². The molecule has 0 bridgehead atoms. The number of nitrogens with zero attached hydrogens (tertiary/aromatic N) is 2. The first kappa shape index (κ1) is 15.4. The first-order valence-electron chi connectivity index (χ1n) is 8.27. The highest BCUT2D eigenvalue weighted by molar-refractivity contribution is 5.95. The van der Waals surface area contributed by atoms with E-state index < -0.39 is 0 Å². The highest BCUT2D eigenvalue weighted by Gasteiger charge is 2.23. The molecule has 0 aliphatic carbocycles. The predicted octanol–water partition coefficient (Wildman–Crippen LogP) is 3.26. The fraction of sp³-hybridized carbons (Fsp3) is 0.200. The molecule has 0 unspecified atom stereocenters. The van der Waals surface area contributed by atoms with Crippen molar-refractivity contribution in [2.45, 2.75) is 13.3 Å². The number of benzene rings is 2. The number of ether oxygens (including phenoxy) is 1. The Kier molecular flexibility index (Phi) is 3.76. The van der Waals surface area contributed by atoms with E-state index in [1.807, 2.05) is 54.4 Å². The molecular formula is C20H19N3O2. The van der Waals surface area contributed by atoms with E-state index >= 15 is 0 Å². The number of amides is 1. The molecule has 1 N–H and O–H groups in total. The third-order valence-corrected chi connectivity index (χ3v) is 4.49. The summed E-state index contributed by atoms with van der Waals surface area (Å²) in [6, 6.07) is 15.5. The number of fused-ring (bicyclic) bond motifs is 2. The summed E-state index contributed by atoms with van der Waals surface area (Å²) in [4.78, 5) is 17.2. The molecular weight excluding hydrogens is 314 g/mol. The summed E-state index contributed by atoms with van der Waals surface area (Å²) in [6.07, 6.45) is 0.860. The Morgan fingerprint density at radius 1 is 1.16 bits per heavy atom. The van der Waals surface area contributed by atoms with E-state index in [0.717, 1.165) is 40.0 Å². The highest BCUT2D eigenvalue weighted by atomic mass is 16.5. The van der Waals surface area contributed by atoms with Crippen LogP contribution in [0.3, 0.4) is 0 Å². The first-order chi connectivity index (χ1) is 12.1. The number of carbonyl (C=O) groups is 1. The van der Waals surface area contributed by atoms with Crippen molar-refractivity contribution in [3.8, 4) is 5.75 Å². The van der Waals surface area contributed by atoms with Crippen molar-refractivity contribution >= 4 is 22.6 Å². The number of hydrazine groups is 1. The number of pyridine rings is 1. The van der Waals surface area contributed by atoms with Gasteiger partial charge in [0.25, 0.3) is 5.91 Å². The molecule has 25 heavy (non-hydrogen) atoms. The van der Waals surface area contributed by atoms with Crippen LogP contribution >= 0.6 is 0 Å². The van der Waals surface area contributed by atoms with Gasteiger partial charge in [-0.25, -0.2) is 4.98 Å². The quantitative estimate of drug-likeness (QED) is 0.799. The van der Waals surface area contributed by atoms with Crippen LogP contribution < -0.4 is 15.2 Å². The number of aryl methyl sites for hydroxylation is 1. The number of nitrogens with one attached hydrogen (secondary N) is 1. The maximum atomic E-state index is 12.5. The molecule has 1 aliphatic heterocycles. The monoisotopic (exact) mass is 333 g/mol. The molecule has 3 aromatic rings. The van der Waals surface area contributed by atoms with Gasteiger partial charge >= 0.3 is 0 Å². The molecule has 2 heterocycles. The van der Waals surface area contributed by atoms with Crippen molar-refractivity contribution in [1.82, 2.24) is 10.4 Å². The maximum absolute atomic E-state index is 12.5. The number of anilines is 1. The summed E-state index contributed by atoms with van der Waals surface area (Å²) in [5.74, 6) is 1.45. The van der Waals surface area contributed by atoms with E-state index in [2.05, 4.69) is 11.5 Å². The smallest absolute Gasteiger partial charge is 0.269 e. The summed E-state index contributed by atoms with van der Waals surface area (Å²) in [6.45, 7) is 2.72. The number of carbonyl (C=O) groups excluding carboxylic acids is 1. The van der Waals surface area contributed by atoms with Gasteiger partial charge in [-0.2, -0.15) is 0 Å². The van der Waals surface area contributed by atoms with Crippen molar-refractivity contribution in [1.29, 1.82) is 0 Å². The minimum absolute atomic E-state index is 0.125. The van der Waals surface area contributed by atoms with Gasteiger partial charge in [-0.3, -0.25) is 15.2 Å². The number of methoxy groups -OCH3 is 1. The Morgan fingerprint density at radius 3 is 2.72 bits per heavy atom. The Bertz CT molecular complexity index is 951. The lowest BCUT2D eigenvalue weighted by Crippen LogP contribution is -2.41. The Labute approximate surface area is 146 Å². The lowest BCUT2D eigenvalue weighted by Gasteiger charge is -2.19. The van der Waals surface area contributed by atoms with Gasteiger partial charge in [0.1, 0.15) is 5.75 Å². The molecule has 1 aliphatic rings. The molecule has 5 heteroatoms. The average molecular weight is 333 g/mol. The normalized spacial score (nSPS) is 13.0. The van der Waals surface area contributed by atoms with Crippen molar-refractivity contribution in [3.05, 3.63) is 65.2 Å². The van der Waals surface area contributed by atoms with Crippen LogP contribution in [0.4, 0.5) is 5.82 Å². The second-order valence-electron chi connectivity index (χ2n) is 6.24. The summed E-state index contributed by atoms with van der Waals surface area (Å²) in [7, 11) is 1.64. The van der Waals surface area contributed by atoms with Crippen molar-refractivity contribution in [3.63, 3.8) is 0 Å². The molecule has 0 atom stereocenters. The molecule has 0 radical (unpaired) electrons.